The van der Waals surface area contributed by atoms with E-state index in [1.165, 1.54) is 30.4 Å². The number of piperidine rings is 1. The van der Waals surface area contributed by atoms with Crippen molar-refractivity contribution in [1.82, 2.24) is 14.7 Å². The number of carbonyl (C=O) groups is 1. The van der Waals surface area contributed by atoms with Gasteiger partial charge in [-0.1, -0.05) is 36.8 Å². The Balaban J connectivity index is 1.45. The van der Waals surface area contributed by atoms with Crippen LogP contribution in [0.1, 0.15) is 43.7 Å². The van der Waals surface area contributed by atoms with Crippen LogP contribution in [0.3, 0.4) is 0 Å². The first-order valence-corrected chi connectivity index (χ1v) is 9.95. The van der Waals surface area contributed by atoms with Gasteiger partial charge in [0.25, 0.3) is 0 Å². The van der Waals surface area contributed by atoms with E-state index in [2.05, 4.69) is 52.8 Å². The molecular weight excluding hydrogens is 310 g/mol. The van der Waals surface area contributed by atoms with E-state index < -0.39 is 0 Å². The molecule has 3 rings (SSSR count). The molecule has 2 fully saturated rings. The fourth-order valence-electron chi connectivity index (χ4n) is 4.21. The number of nitrogens with zero attached hydrogens (tertiary/aromatic N) is 3. The predicted octanol–water partition coefficient (Wildman–Crippen LogP) is 2.90. The molecule has 0 aromatic heterocycles. The first-order chi connectivity index (χ1) is 12.2. The van der Waals surface area contributed by atoms with E-state index in [0.29, 0.717) is 18.5 Å². The van der Waals surface area contributed by atoms with Crippen LogP contribution in [-0.2, 0) is 11.3 Å². The molecule has 2 aliphatic heterocycles. The monoisotopic (exact) mass is 343 g/mol. The Hall–Kier alpha value is -1.39. The first kappa shape index (κ1) is 18.4. The van der Waals surface area contributed by atoms with E-state index in [9.17, 15) is 4.79 Å². The third-order valence-electron chi connectivity index (χ3n) is 5.73. The van der Waals surface area contributed by atoms with Crippen LogP contribution in [-0.4, -0.2) is 65.9 Å². The summed E-state index contributed by atoms with van der Waals surface area (Å²) in [5.74, 6) is 0.346. The molecule has 1 aromatic rings. The van der Waals surface area contributed by atoms with Crippen molar-refractivity contribution in [2.24, 2.45) is 0 Å². The van der Waals surface area contributed by atoms with E-state index in [1.807, 2.05) is 0 Å². The highest BCUT2D eigenvalue weighted by atomic mass is 16.2. The van der Waals surface area contributed by atoms with E-state index in [1.54, 1.807) is 0 Å². The summed E-state index contributed by atoms with van der Waals surface area (Å²) in [5.41, 5.74) is 2.72. The van der Waals surface area contributed by atoms with Crippen LogP contribution in [0.2, 0.25) is 0 Å². The molecule has 1 unspecified atom stereocenters. The van der Waals surface area contributed by atoms with E-state index in [4.69, 9.17) is 0 Å². The molecule has 2 heterocycles. The van der Waals surface area contributed by atoms with Crippen LogP contribution in [0.4, 0.5) is 0 Å². The third-order valence-corrected chi connectivity index (χ3v) is 5.73. The van der Waals surface area contributed by atoms with Crippen LogP contribution >= 0.6 is 0 Å². The van der Waals surface area contributed by atoms with Gasteiger partial charge in [-0.3, -0.25) is 14.6 Å². The maximum atomic E-state index is 12.7. The van der Waals surface area contributed by atoms with Gasteiger partial charge in [0.1, 0.15) is 0 Å². The lowest BCUT2D eigenvalue weighted by Gasteiger charge is -2.39. The van der Waals surface area contributed by atoms with Gasteiger partial charge < -0.3 is 4.90 Å². The summed E-state index contributed by atoms with van der Waals surface area (Å²) in [4.78, 5) is 19.7. The highest BCUT2D eigenvalue weighted by Crippen LogP contribution is 2.20. The van der Waals surface area contributed by atoms with Gasteiger partial charge in [0.15, 0.2) is 0 Å². The van der Waals surface area contributed by atoms with Crippen LogP contribution in [0.25, 0.3) is 0 Å². The molecular formula is C21H33N3O. The van der Waals surface area contributed by atoms with Crippen LogP contribution in [0.5, 0.6) is 0 Å². The average Bonchev–Trinajstić information content (AvgIpc) is 2.63. The Morgan fingerprint density at radius 2 is 1.84 bits per heavy atom. The zero-order valence-electron chi connectivity index (χ0n) is 15.9. The fourth-order valence-corrected chi connectivity index (χ4v) is 4.21. The molecule has 0 bridgehead atoms. The smallest absolute Gasteiger partial charge is 0.236 e. The molecule has 0 aliphatic carbocycles. The van der Waals surface area contributed by atoms with Gasteiger partial charge in [-0.2, -0.15) is 0 Å². The molecule has 0 N–H and O–H groups in total. The van der Waals surface area contributed by atoms with Gasteiger partial charge in [-0.25, -0.2) is 0 Å². The minimum absolute atomic E-state index is 0.346. The molecule has 1 amide bonds. The van der Waals surface area contributed by atoms with Crippen molar-refractivity contribution in [2.75, 3.05) is 39.3 Å². The molecule has 2 aliphatic rings. The Morgan fingerprint density at radius 1 is 1.08 bits per heavy atom. The molecule has 25 heavy (non-hydrogen) atoms. The molecule has 1 atom stereocenters. The maximum absolute atomic E-state index is 12.7. The summed E-state index contributed by atoms with van der Waals surface area (Å²) in [5, 5.41) is 0. The number of likely N-dealkylation sites (tertiary alicyclic amines) is 1. The van der Waals surface area contributed by atoms with Gasteiger partial charge in [-0.05, 0) is 38.2 Å². The number of piperazine rings is 1. The summed E-state index contributed by atoms with van der Waals surface area (Å²) in [6, 6.07) is 9.25. The molecule has 0 spiro atoms. The van der Waals surface area contributed by atoms with Crippen molar-refractivity contribution in [3.05, 3.63) is 35.4 Å². The second-order valence-electron chi connectivity index (χ2n) is 7.69. The normalized spacial score (nSPS) is 23.0. The lowest BCUT2D eigenvalue weighted by Crippen LogP contribution is -2.52. The van der Waals surface area contributed by atoms with Crippen LogP contribution in [0, 0.1) is 6.92 Å². The van der Waals surface area contributed by atoms with Gasteiger partial charge in [0.05, 0.1) is 6.54 Å². The molecule has 2 saturated heterocycles. The minimum atomic E-state index is 0.346. The van der Waals surface area contributed by atoms with Crippen molar-refractivity contribution in [3.8, 4) is 0 Å². The average molecular weight is 344 g/mol. The number of hydrogen-bond donors (Lipinski definition) is 0. The van der Waals surface area contributed by atoms with E-state index in [0.717, 1.165) is 45.7 Å². The lowest BCUT2D eigenvalue weighted by atomic mass is 10.00. The molecule has 4 heteroatoms. The van der Waals surface area contributed by atoms with Crippen molar-refractivity contribution in [1.29, 1.82) is 0 Å². The van der Waals surface area contributed by atoms with Crippen molar-refractivity contribution in [3.63, 3.8) is 0 Å². The lowest BCUT2D eigenvalue weighted by molar-refractivity contribution is -0.136. The molecule has 0 saturated carbocycles. The zero-order chi connectivity index (χ0) is 17.6. The number of aryl methyl sites for hydroxylation is 1. The molecule has 4 nitrogen and oxygen atoms in total. The van der Waals surface area contributed by atoms with Crippen molar-refractivity contribution < 1.29 is 4.79 Å². The van der Waals surface area contributed by atoms with Gasteiger partial charge >= 0.3 is 0 Å². The number of rotatable bonds is 5. The molecule has 0 radical (unpaired) electrons. The summed E-state index contributed by atoms with van der Waals surface area (Å²) in [6.07, 6.45) is 4.73. The maximum Gasteiger partial charge on any atom is 0.236 e. The van der Waals surface area contributed by atoms with Gasteiger partial charge in [0.2, 0.25) is 5.91 Å². The summed E-state index contributed by atoms with van der Waals surface area (Å²) < 4.78 is 0. The third kappa shape index (κ3) is 5.05. The standard InChI is InChI=1S/C21H33N3O/c1-3-20-9-4-5-10-24(20)21(25)17-23-13-11-22(12-14-23)16-19-8-6-7-18(2)15-19/h6-8,15,20H,3-5,9-14,16-17H2,1-2H3. The Kier molecular flexibility index (Phi) is 6.49. The number of hydrogen-bond acceptors (Lipinski definition) is 3. The van der Waals surface area contributed by atoms with Crippen LogP contribution in [0.15, 0.2) is 24.3 Å². The van der Waals surface area contributed by atoms with E-state index >= 15 is 0 Å². The molecule has 1 aromatic carbocycles. The highest BCUT2D eigenvalue weighted by Gasteiger charge is 2.27. The van der Waals surface area contributed by atoms with Crippen LogP contribution < -0.4 is 0 Å². The second-order valence-corrected chi connectivity index (χ2v) is 7.69. The number of carbonyl (C=O) groups excluding carboxylic acids is 1. The van der Waals surface area contributed by atoms with Crippen molar-refractivity contribution in [2.45, 2.75) is 52.1 Å². The topological polar surface area (TPSA) is 26.8 Å². The second kappa shape index (κ2) is 8.81. The van der Waals surface area contributed by atoms with Gasteiger partial charge in [0, 0.05) is 45.3 Å². The largest absolute Gasteiger partial charge is 0.339 e. The summed E-state index contributed by atoms with van der Waals surface area (Å²) in [6.45, 7) is 11.1. The first-order valence-electron chi connectivity index (χ1n) is 9.95. The Morgan fingerprint density at radius 3 is 2.56 bits per heavy atom. The SMILES string of the molecule is CCC1CCCCN1C(=O)CN1CCN(Cc2cccc(C)c2)CC1. The number of benzene rings is 1. The van der Waals surface area contributed by atoms with Crippen molar-refractivity contribution >= 4 is 5.91 Å². The quantitative estimate of drug-likeness (QED) is 0.822. The van der Waals surface area contributed by atoms with Gasteiger partial charge in [-0.15, -0.1) is 0 Å². The number of amides is 1. The summed E-state index contributed by atoms with van der Waals surface area (Å²) >= 11 is 0. The predicted molar refractivity (Wildman–Crippen MR) is 103 cm³/mol. The van der Waals surface area contributed by atoms with E-state index in [-0.39, 0.29) is 0 Å². The highest BCUT2D eigenvalue weighted by molar-refractivity contribution is 5.78. The molecule has 138 valence electrons. The minimum Gasteiger partial charge on any atom is -0.339 e. The Bertz CT molecular complexity index is 566. The zero-order valence-corrected chi connectivity index (χ0v) is 15.9. The fraction of sp³-hybridized carbons (Fsp3) is 0.667. The Labute approximate surface area is 152 Å². The summed E-state index contributed by atoms with van der Waals surface area (Å²) in [7, 11) is 0.